The van der Waals surface area contributed by atoms with Gasteiger partial charge in [0.2, 0.25) is 6.79 Å². The maximum absolute atomic E-state index is 11.9. The Bertz CT molecular complexity index is 923. The van der Waals surface area contributed by atoms with Crippen molar-refractivity contribution in [1.29, 1.82) is 0 Å². The average molecular weight is 399 g/mol. The molecule has 0 aromatic heterocycles. The third kappa shape index (κ3) is 5.41. The summed E-state index contributed by atoms with van der Waals surface area (Å²) in [6.07, 6.45) is 2.81. The van der Waals surface area contributed by atoms with E-state index in [2.05, 4.69) is 5.32 Å². The lowest BCUT2D eigenvalue weighted by Gasteiger charge is -2.07. The van der Waals surface area contributed by atoms with Gasteiger partial charge in [-0.3, -0.25) is 4.79 Å². The minimum atomic E-state index is -0.627. The lowest BCUT2D eigenvalue weighted by Crippen LogP contribution is -2.28. The Morgan fingerprint density at radius 1 is 1.03 bits per heavy atom. The van der Waals surface area contributed by atoms with Crippen LogP contribution < -0.4 is 24.3 Å². The summed E-state index contributed by atoms with van der Waals surface area (Å²) in [4.78, 5) is 23.7. The largest absolute Gasteiger partial charge is 0.493 e. The highest BCUT2D eigenvalue weighted by atomic mass is 16.7. The third-order valence-corrected chi connectivity index (χ3v) is 4.09. The summed E-state index contributed by atoms with van der Waals surface area (Å²) in [7, 11) is 3.07. The normalized spacial score (nSPS) is 11.9. The number of carbonyl (C=O) groups excluding carboxylic acids is 2. The first-order valence-corrected chi connectivity index (χ1v) is 8.81. The number of nitrogens with one attached hydrogen (secondary N) is 1. The molecule has 0 bridgehead atoms. The number of ether oxygens (including phenoxy) is 5. The van der Waals surface area contributed by atoms with Gasteiger partial charge in [0.25, 0.3) is 5.91 Å². The molecule has 3 rings (SSSR count). The Morgan fingerprint density at radius 3 is 2.62 bits per heavy atom. The molecule has 2 aromatic carbocycles. The van der Waals surface area contributed by atoms with Crippen LogP contribution in [-0.4, -0.2) is 39.5 Å². The second-order valence-corrected chi connectivity index (χ2v) is 6.02. The van der Waals surface area contributed by atoms with Crippen LogP contribution in [0.4, 0.5) is 0 Å². The Labute approximate surface area is 168 Å². The summed E-state index contributed by atoms with van der Waals surface area (Å²) in [5.41, 5.74) is 1.58. The van der Waals surface area contributed by atoms with Crippen molar-refractivity contribution in [3.63, 3.8) is 0 Å². The van der Waals surface area contributed by atoms with Crippen molar-refractivity contribution in [1.82, 2.24) is 5.32 Å². The first kappa shape index (κ1) is 20.1. The molecule has 152 valence electrons. The average Bonchev–Trinajstić information content (AvgIpc) is 3.22. The molecule has 0 atom stereocenters. The van der Waals surface area contributed by atoms with Crippen molar-refractivity contribution in [3.8, 4) is 23.0 Å². The van der Waals surface area contributed by atoms with Crippen LogP contribution in [-0.2, 0) is 20.9 Å². The molecular weight excluding hydrogens is 378 g/mol. The van der Waals surface area contributed by atoms with Crippen LogP contribution in [0.2, 0.25) is 0 Å². The molecule has 1 heterocycles. The molecule has 0 aliphatic carbocycles. The number of fused-ring (bicyclic) bond motifs is 1. The summed E-state index contributed by atoms with van der Waals surface area (Å²) in [5, 5.41) is 2.68. The smallest absolute Gasteiger partial charge is 0.331 e. The molecule has 29 heavy (non-hydrogen) atoms. The quantitative estimate of drug-likeness (QED) is 0.538. The van der Waals surface area contributed by atoms with Crippen LogP contribution in [0.3, 0.4) is 0 Å². The van der Waals surface area contributed by atoms with Gasteiger partial charge in [-0.2, -0.15) is 0 Å². The maximum Gasteiger partial charge on any atom is 0.331 e. The molecule has 0 unspecified atom stereocenters. The Hall–Kier alpha value is -3.68. The molecule has 1 aliphatic heterocycles. The number of hydrogen-bond donors (Lipinski definition) is 1. The van der Waals surface area contributed by atoms with Gasteiger partial charge in [0, 0.05) is 12.6 Å². The van der Waals surface area contributed by atoms with Gasteiger partial charge in [-0.05, 0) is 41.5 Å². The summed E-state index contributed by atoms with van der Waals surface area (Å²) >= 11 is 0. The summed E-state index contributed by atoms with van der Waals surface area (Å²) < 4.78 is 25.8. The Morgan fingerprint density at radius 2 is 1.83 bits per heavy atom. The number of carbonyl (C=O) groups is 2. The van der Waals surface area contributed by atoms with Crippen LogP contribution in [0.5, 0.6) is 23.0 Å². The predicted octanol–water partition coefficient (Wildman–Crippen LogP) is 2.31. The van der Waals surface area contributed by atoms with Crippen molar-refractivity contribution in [3.05, 3.63) is 53.6 Å². The van der Waals surface area contributed by atoms with E-state index in [0.717, 1.165) is 11.1 Å². The zero-order valence-electron chi connectivity index (χ0n) is 16.1. The molecule has 1 amide bonds. The van der Waals surface area contributed by atoms with Crippen LogP contribution in [0, 0.1) is 0 Å². The number of rotatable bonds is 8. The van der Waals surface area contributed by atoms with Crippen molar-refractivity contribution >= 4 is 18.0 Å². The molecule has 1 N–H and O–H groups in total. The van der Waals surface area contributed by atoms with Gasteiger partial charge in [-0.1, -0.05) is 12.1 Å². The van der Waals surface area contributed by atoms with E-state index in [-0.39, 0.29) is 19.9 Å². The van der Waals surface area contributed by atoms with Crippen molar-refractivity contribution in [2.75, 3.05) is 27.6 Å². The second kappa shape index (κ2) is 9.50. The summed E-state index contributed by atoms with van der Waals surface area (Å²) in [5.74, 6) is 1.42. The lowest BCUT2D eigenvalue weighted by molar-refractivity contribution is -0.143. The van der Waals surface area contributed by atoms with Crippen molar-refractivity contribution < 1.29 is 33.3 Å². The second-order valence-electron chi connectivity index (χ2n) is 6.02. The van der Waals surface area contributed by atoms with E-state index in [1.54, 1.807) is 43.5 Å². The maximum atomic E-state index is 11.9. The van der Waals surface area contributed by atoms with Gasteiger partial charge in [0.1, 0.15) is 0 Å². The van der Waals surface area contributed by atoms with E-state index in [1.165, 1.54) is 13.2 Å². The fraction of sp³-hybridized carbons (Fsp3) is 0.238. The van der Waals surface area contributed by atoms with E-state index >= 15 is 0 Å². The number of benzene rings is 2. The van der Waals surface area contributed by atoms with Gasteiger partial charge < -0.3 is 29.0 Å². The topological polar surface area (TPSA) is 92.3 Å². The van der Waals surface area contributed by atoms with E-state index in [1.807, 2.05) is 6.07 Å². The molecule has 1 aliphatic rings. The molecule has 0 spiro atoms. The fourth-order valence-electron chi connectivity index (χ4n) is 2.61. The molecule has 2 aromatic rings. The van der Waals surface area contributed by atoms with Crippen LogP contribution in [0.25, 0.3) is 6.08 Å². The van der Waals surface area contributed by atoms with Crippen LogP contribution >= 0.6 is 0 Å². The van der Waals surface area contributed by atoms with Crippen LogP contribution in [0.15, 0.2) is 42.5 Å². The number of esters is 1. The highest BCUT2D eigenvalue weighted by molar-refractivity contribution is 5.89. The molecule has 8 heteroatoms. The molecule has 0 radical (unpaired) electrons. The van der Waals surface area contributed by atoms with E-state index in [0.29, 0.717) is 23.0 Å². The molecule has 0 fully saturated rings. The minimum absolute atomic E-state index is 0.192. The molecule has 8 nitrogen and oxygen atoms in total. The van der Waals surface area contributed by atoms with Crippen molar-refractivity contribution in [2.45, 2.75) is 6.54 Å². The number of methoxy groups -OCH3 is 2. The summed E-state index contributed by atoms with van der Waals surface area (Å²) in [6, 6.07) is 10.6. The highest BCUT2D eigenvalue weighted by Crippen LogP contribution is 2.32. The zero-order valence-corrected chi connectivity index (χ0v) is 16.1. The van der Waals surface area contributed by atoms with E-state index in [4.69, 9.17) is 23.7 Å². The lowest BCUT2D eigenvalue weighted by atomic mass is 10.2. The third-order valence-electron chi connectivity index (χ3n) is 4.09. The Kier molecular flexibility index (Phi) is 6.57. The summed E-state index contributed by atoms with van der Waals surface area (Å²) in [6.45, 7) is 0.103. The number of amides is 1. The van der Waals surface area contributed by atoms with Gasteiger partial charge in [0.15, 0.2) is 29.6 Å². The SMILES string of the molecule is COc1ccc(C=CC(=O)OCC(=O)NCc2ccc3c(c2)OCO3)cc1OC. The van der Waals surface area contributed by atoms with Crippen molar-refractivity contribution in [2.24, 2.45) is 0 Å². The van der Waals surface area contributed by atoms with E-state index < -0.39 is 11.9 Å². The molecular formula is C21H21NO7. The van der Waals surface area contributed by atoms with Gasteiger partial charge in [-0.25, -0.2) is 4.79 Å². The molecule has 0 saturated carbocycles. The van der Waals surface area contributed by atoms with E-state index in [9.17, 15) is 9.59 Å². The fourth-order valence-corrected chi connectivity index (χ4v) is 2.61. The monoisotopic (exact) mass is 399 g/mol. The van der Waals surface area contributed by atoms with Gasteiger partial charge >= 0.3 is 5.97 Å². The first-order chi connectivity index (χ1) is 14.1. The first-order valence-electron chi connectivity index (χ1n) is 8.81. The minimum Gasteiger partial charge on any atom is -0.493 e. The highest BCUT2D eigenvalue weighted by Gasteiger charge is 2.13. The van der Waals surface area contributed by atoms with Gasteiger partial charge in [0.05, 0.1) is 14.2 Å². The predicted molar refractivity (Wildman–Crippen MR) is 104 cm³/mol. The standard InChI is InChI=1S/C21H21NO7/c1-25-16-6-3-14(9-18(16)26-2)5-8-21(24)27-12-20(23)22-11-15-4-7-17-19(10-15)29-13-28-17/h3-10H,11-13H2,1-2H3,(H,22,23). The molecule has 0 saturated heterocycles. The number of hydrogen-bond acceptors (Lipinski definition) is 7. The van der Waals surface area contributed by atoms with Crippen LogP contribution in [0.1, 0.15) is 11.1 Å². The van der Waals surface area contributed by atoms with Gasteiger partial charge in [-0.15, -0.1) is 0 Å². The zero-order chi connectivity index (χ0) is 20.6. The Balaban J connectivity index is 1.44.